The second-order valence-electron chi connectivity index (χ2n) is 5.31. The molecule has 1 aliphatic rings. The van der Waals surface area contributed by atoms with Gasteiger partial charge < -0.3 is 5.32 Å². The van der Waals surface area contributed by atoms with Gasteiger partial charge in [-0.15, -0.1) is 0 Å². The number of imidazole rings is 1. The quantitative estimate of drug-likeness (QED) is 0.773. The van der Waals surface area contributed by atoms with E-state index in [1.54, 1.807) is 12.5 Å². The molecule has 21 heavy (non-hydrogen) atoms. The SMILES string of the molecule is c1cnn2c(-c3cc(C4CCCNC4)ncn3)cnc2c1. The van der Waals surface area contributed by atoms with Crippen LogP contribution in [-0.4, -0.2) is 37.7 Å². The number of nitrogens with zero attached hydrogens (tertiary/aromatic N) is 5. The molecule has 4 rings (SSSR count). The van der Waals surface area contributed by atoms with Crippen molar-refractivity contribution in [2.45, 2.75) is 18.8 Å². The van der Waals surface area contributed by atoms with E-state index < -0.39 is 0 Å². The first-order valence-corrected chi connectivity index (χ1v) is 7.23. The molecule has 3 aromatic rings. The van der Waals surface area contributed by atoms with Crippen molar-refractivity contribution in [3.63, 3.8) is 0 Å². The molecule has 1 fully saturated rings. The van der Waals surface area contributed by atoms with Gasteiger partial charge in [-0.2, -0.15) is 5.10 Å². The fourth-order valence-corrected chi connectivity index (χ4v) is 2.84. The van der Waals surface area contributed by atoms with Crippen LogP contribution in [0.1, 0.15) is 24.5 Å². The molecule has 1 atom stereocenters. The summed E-state index contributed by atoms with van der Waals surface area (Å²) in [6, 6.07) is 5.88. The van der Waals surface area contributed by atoms with Gasteiger partial charge in [0.25, 0.3) is 0 Å². The van der Waals surface area contributed by atoms with Gasteiger partial charge >= 0.3 is 0 Å². The Morgan fingerprint density at radius 2 is 2.24 bits per heavy atom. The standard InChI is InChI=1S/C15H16N6/c1-3-11(8-16-5-1)12-7-13(19-10-18-12)14-9-17-15-4-2-6-20-21(14)15/h2,4,6-7,9-11,16H,1,3,5,8H2. The zero-order valence-electron chi connectivity index (χ0n) is 11.6. The summed E-state index contributed by atoms with van der Waals surface area (Å²) >= 11 is 0. The van der Waals surface area contributed by atoms with E-state index in [-0.39, 0.29) is 0 Å². The molecule has 0 radical (unpaired) electrons. The Hall–Kier alpha value is -2.34. The first kappa shape index (κ1) is 12.4. The number of hydrogen-bond acceptors (Lipinski definition) is 5. The third-order valence-electron chi connectivity index (χ3n) is 3.94. The molecule has 106 valence electrons. The van der Waals surface area contributed by atoms with Crippen LogP contribution < -0.4 is 5.32 Å². The highest BCUT2D eigenvalue weighted by Crippen LogP contribution is 2.24. The molecule has 0 saturated carbocycles. The Morgan fingerprint density at radius 3 is 3.14 bits per heavy atom. The summed E-state index contributed by atoms with van der Waals surface area (Å²) < 4.78 is 1.81. The van der Waals surface area contributed by atoms with Crippen LogP contribution >= 0.6 is 0 Å². The van der Waals surface area contributed by atoms with Gasteiger partial charge in [0.05, 0.1) is 11.9 Å². The zero-order valence-corrected chi connectivity index (χ0v) is 11.6. The van der Waals surface area contributed by atoms with Crippen LogP contribution in [0.5, 0.6) is 0 Å². The second kappa shape index (κ2) is 5.21. The molecule has 0 bridgehead atoms. The fourth-order valence-electron chi connectivity index (χ4n) is 2.84. The smallest absolute Gasteiger partial charge is 0.154 e. The van der Waals surface area contributed by atoms with Crippen LogP contribution in [0, 0.1) is 0 Å². The summed E-state index contributed by atoms with van der Waals surface area (Å²) in [6.07, 6.45) is 7.58. The van der Waals surface area contributed by atoms with Crippen molar-refractivity contribution < 1.29 is 0 Å². The van der Waals surface area contributed by atoms with Gasteiger partial charge in [0.15, 0.2) is 5.65 Å². The Bertz CT molecular complexity index is 759. The lowest BCUT2D eigenvalue weighted by molar-refractivity contribution is 0.454. The Labute approximate surface area is 122 Å². The van der Waals surface area contributed by atoms with Crippen molar-refractivity contribution in [3.8, 4) is 11.4 Å². The molecule has 0 aromatic carbocycles. The molecule has 6 heteroatoms. The Balaban J connectivity index is 1.75. The molecule has 1 unspecified atom stereocenters. The van der Waals surface area contributed by atoms with E-state index >= 15 is 0 Å². The molecule has 4 heterocycles. The number of fused-ring (bicyclic) bond motifs is 1. The number of nitrogens with one attached hydrogen (secondary N) is 1. The van der Waals surface area contributed by atoms with Gasteiger partial charge in [0.1, 0.15) is 12.0 Å². The number of piperidine rings is 1. The molecule has 1 saturated heterocycles. The van der Waals surface area contributed by atoms with Crippen molar-refractivity contribution in [1.29, 1.82) is 0 Å². The highest BCUT2D eigenvalue weighted by atomic mass is 15.3. The lowest BCUT2D eigenvalue weighted by Crippen LogP contribution is -2.28. The average molecular weight is 280 g/mol. The minimum Gasteiger partial charge on any atom is -0.316 e. The minimum atomic E-state index is 0.465. The zero-order chi connectivity index (χ0) is 14.1. The molecule has 1 N–H and O–H groups in total. The monoisotopic (exact) mass is 280 g/mol. The summed E-state index contributed by atoms with van der Waals surface area (Å²) in [7, 11) is 0. The maximum Gasteiger partial charge on any atom is 0.154 e. The van der Waals surface area contributed by atoms with Gasteiger partial charge in [0, 0.05) is 24.4 Å². The van der Waals surface area contributed by atoms with E-state index in [1.807, 2.05) is 22.8 Å². The maximum atomic E-state index is 4.45. The van der Waals surface area contributed by atoms with E-state index in [9.17, 15) is 0 Å². The van der Waals surface area contributed by atoms with E-state index in [0.717, 1.165) is 35.8 Å². The number of aromatic nitrogens is 5. The van der Waals surface area contributed by atoms with Crippen LogP contribution in [-0.2, 0) is 0 Å². The number of rotatable bonds is 2. The van der Waals surface area contributed by atoms with Gasteiger partial charge in [-0.3, -0.25) is 0 Å². The topological polar surface area (TPSA) is 68.0 Å². The lowest BCUT2D eigenvalue weighted by Gasteiger charge is -2.22. The van der Waals surface area contributed by atoms with Crippen LogP contribution in [0.15, 0.2) is 36.9 Å². The van der Waals surface area contributed by atoms with Gasteiger partial charge in [0.2, 0.25) is 0 Å². The van der Waals surface area contributed by atoms with E-state index in [0.29, 0.717) is 5.92 Å². The van der Waals surface area contributed by atoms with Crippen LogP contribution in [0.2, 0.25) is 0 Å². The summed E-state index contributed by atoms with van der Waals surface area (Å²) in [4.78, 5) is 13.2. The predicted octanol–water partition coefficient (Wildman–Crippen LogP) is 1.65. The molecule has 3 aromatic heterocycles. The first-order chi connectivity index (χ1) is 10.4. The highest BCUT2D eigenvalue weighted by Gasteiger charge is 2.18. The van der Waals surface area contributed by atoms with Crippen molar-refractivity contribution >= 4 is 5.65 Å². The summed E-state index contributed by atoms with van der Waals surface area (Å²) in [5, 5.41) is 7.77. The lowest BCUT2D eigenvalue weighted by atomic mass is 9.95. The van der Waals surface area contributed by atoms with Gasteiger partial charge in [-0.1, -0.05) is 0 Å². The molecule has 0 amide bonds. The Morgan fingerprint density at radius 1 is 1.24 bits per heavy atom. The summed E-state index contributed by atoms with van der Waals surface area (Å²) in [5.74, 6) is 0.465. The molecule has 0 spiro atoms. The molecule has 0 aliphatic carbocycles. The van der Waals surface area contributed by atoms with Gasteiger partial charge in [-0.05, 0) is 37.6 Å². The minimum absolute atomic E-state index is 0.465. The Kier molecular flexibility index (Phi) is 3.08. The van der Waals surface area contributed by atoms with Crippen LogP contribution in [0.4, 0.5) is 0 Å². The average Bonchev–Trinajstić information content (AvgIpc) is 3.00. The molecule has 6 nitrogen and oxygen atoms in total. The van der Waals surface area contributed by atoms with E-state index in [4.69, 9.17) is 0 Å². The van der Waals surface area contributed by atoms with E-state index in [1.165, 1.54) is 12.8 Å². The molecular weight excluding hydrogens is 264 g/mol. The normalized spacial score (nSPS) is 19.0. The summed E-state index contributed by atoms with van der Waals surface area (Å²) in [5.41, 5.74) is 3.69. The summed E-state index contributed by atoms with van der Waals surface area (Å²) in [6.45, 7) is 2.09. The van der Waals surface area contributed by atoms with Crippen LogP contribution in [0.25, 0.3) is 17.0 Å². The van der Waals surface area contributed by atoms with E-state index in [2.05, 4.69) is 31.4 Å². The van der Waals surface area contributed by atoms with Crippen molar-refractivity contribution in [1.82, 2.24) is 29.9 Å². The maximum absolute atomic E-state index is 4.45. The molecule has 1 aliphatic heterocycles. The number of hydrogen-bond donors (Lipinski definition) is 1. The third kappa shape index (κ3) is 2.27. The second-order valence-corrected chi connectivity index (χ2v) is 5.31. The van der Waals surface area contributed by atoms with Crippen molar-refractivity contribution in [3.05, 3.63) is 42.6 Å². The molecular formula is C15H16N6. The van der Waals surface area contributed by atoms with Crippen molar-refractivity contribution in [2.75, 3.05) is 13.1 Å². The highest BCUT2D eigenvalue weighted by molar-refractivity contribution is 5.59. The first-order valence-electron chi connectivity index (χ1n) is 7.23. The predicted molar refractivity (Wildman–Crippen MR) is 78.9 cm³/mol. The fraction of sp³-hybridized carbons (Fsp3) is 0.333. The largest absolute Gasteiger partial charge is 0.316 e. The third-order valence-corrected chi connectivity index (χ3v) is 3.94. The van der Waals surface area contributed by atoms with Gasteiger partial charge in [-0.25, -0.2) is 19.5 Å². The van der Waals surface area contributed by atoms with Crippen molar-refractivity contribution in [2.24, 2.45) is 0 Å². The van der Waals surface area contributed by atoms with Crippen LogP contribution in [0.3, 0.4) is 0 Å².